The summed E-state index contributed by atoms with van der Waals surface area (Å²) in [5.74, 6) is 1.86. The molecule has 100 valence electrons. The van der Waals surface area contributed by atoms with Gasteiger partial charge in [-0.1, -0.05) is 20.3 Å². The van der Waals surface area contributed by atoms with Gasteiger partial charge in [-0.2, -0.15) is 0 Å². The Kier molecular flexibility index (Phi) is 4.10. The number of nitrogens with zero attached hydrogens (tertiary/aromatic N) is 3. The van der Waals surface area contributed by atoms with Gasteiger partial charge in [0, 0.05) is 20.1 Å². The molecule has 1 fully saturated rings. The van der Waals surface area contributed by atoms with Crippen molar-refractivity contribution in [3.05, 3.63) is 10.8 Å². The van der Waals surface area contributed by atoms with Crippen LogP contribution >= 0.6 is 15.9 Å². The highest BCUT2D eigenvalue weighted by Gasteiger charge is 2.29. The summed E-state index contributed by atoms with van der Waals surface area (Å²) >= 11 is 3.59. The van der Waals surface area contributed by atoms with Crippen molar-refractivity contribution in [2.75, 3.05) is 30.4 Å². The van der Waals surface area contributed by atoms with E-state index in [-0.39, 0.29) is 0 Å². The minimum absolute atomic E-state index is 0.502. The van der Waals surface area contributed by atoms with Crippen LogP contribution in [0.5, 0.6) is 0 Å². The van der Waals surface area contributed by atoms with E-state index in [1.54, 1.807) is 6.33 Å². The number of rotatable bonds is 3. The molecule has 0 aliphatic carbocycles. The standard InChI is InChI=1S/C13H21BrN4/c1-4-13(2)5-7-18(8-6-13)12-10(14)11(15-3)16-9-17-12/h9H,4-8H2,1-3H3,(H,15,16,17). The van der Waals surface area contributed by atoms with Crippen molar-refractivity contribution in [2.45, 2.75) is 33.1 Å². The van der Waals surface area contributed by atoms with Crippen molar-refractivity contribution < 1.29 is 0 Å². The zero-order valence-electron chi connectivity index (χ0n) is 11.3. The van der Waals surface area contributed by atoms with Crippen LogP contribution in [0, 0.1) is 5.41 Å². The molecule has 0 spiro atoms. The summed E-state index contributed by atoms with van der Waals surface area (Å²) in [5.41, 5.74) is 0.502. The maximum absolute atomic E-state index is 4.41. The van der Waals surface area contributed by atoms with Crippen LogP contribution in [0.4, 0.5) is 11.6 Å². The van der Waals surface area contributed by atoms with Gasteiger partial charge in [0.15, 0.2) is 0 Å². The van der Waals surface area contributed by atoms with Gasteiger partial charge in [-0.3, -0.25) is 0 Å². The fourth-order valence-electron chi connectivity index (χ4n) is 2.37. The van der Waals surface area contributed by atoms with Gasteiger partial charge < -0.3 is 10.2 Å². The summed E-state index contributed by atoms with van der Waals surface area (Å²) in [6.45, 7) is 6.82. The lowest BCUT2D eigenvalue weighted by Crippen LogP contribution is -2.39. The van der Waals surface area contributed by atoms with Crippen LogP contribution in [-0.4, -0.2) is 30.1 Å². The molecule has 0 radical (unpaired) electrons. The Morgan fingerprint density at radius 2 is 2.06 bits per heavy atom. The first-order chi connectivity index (χ1) is 8.59. The Labute approximate surface area is 117 Å². The van der Waals surface area contributed by atoms with Gasteiger partial charge >= 0.3 is 0 Å². The first-order valence-electron chi connectivity index (χ1n) is 6.53. The minimum Gasteiger partial charge on any atom is -0.372 e. The molecule has 2 heterocycles. The molecule has 0 bridgehead atoms. The van der Waals surface area contributed by atoms with Crippen LogP contribution in [0.2, 0.25) is 0 Å². The number of hydrogen-bond donors (Lipinski definition) is 1. The van der Waals surface area contributed by atoms with Gasteiger partial charge in [0.05, 0.1) is 0 Å². The van der Waals surface area contributed by atoms with E-state index in [9.17, 15) is 0 Å². The maximum atomic E-state index is 4.41. The molecule has 1 saturated heterocycles. The van der Waals surface area contributed by atoms with Crippen LogP contribution < -0.4 is 10.2 Å². The molecular weight excluding hydrogens is 292 g/mol. The van der Waals surface area contributed by atoms with Crippen LogP contribution in [-0.2, 0) is 0 Å². The number of hydrogen-bond acceptors (Lipinski definition) is 4. The summed E-state index contributed by atoms with van der Waals surface area (Å²) in [4.78, 5) is 11.0. The van der Waals surface area contributed by atoms with E-state index in [0.717, 1.165) is 29.2 Å². The first kappa shape index (κ1) is 13.6. The van der Waals surface area contributed by atoms with Gasteiger partial charge in [-0.15, -0.1) is 0 Å². The Hall–Kier alpha value is -0.840. The van der Waals surface area contributed by atoms with E-state index in [2.05, 4.69) is 50.0 Å². The molecule has 5 heteroatoms. The van der Waals surface area contributed by atoms with Gasteiger partial charge in [0.25, 0.3) is 0 Å². The van der Waals surface area contributed by atoms with Crippen LogP contribution in [0.3, 0.4) is 0 Å². The van der Waals surface area contributed by atoms with Crippen molar-refractivity contribution >= 4 is 27.6 Å². The molecule has 18 heavy (non-hydrogen) atoms. The zero-order valence-corrected chi connectivity index (χ0v) is 12.9. The molecule has 0 amide bonds. The molecule has 0 saturated carbocycles. The van der Waals surface area contributed by atoms with Crippen molar-refractivity contribution in [1.82, 2.24) is 9.97 Å². The molecule has 4 nitrogen and oxygen atoms in total. The highest BCUT2D eigenvalue weighted by atomic mass is 79.9. The van der Waals surface area contributed by atoms with Crippen LogP contribution in [0.25, 0.3) is 0 Å². The van der Waals surface area contributed by atoms with Crippen molar-refractivity contribution in [3.8, 4) is 0 Å². The van der Waals surface area contributed by atoms with E-state index in [1.165, 1.54) is 19.3 Å². The first-order valence-corrected chi connectivity index (χ1v) is 7.32. The Bertz CT molecular complexity index is 413. The molecule has 2 rings (SSSR count). The molecule has 0 aromatic carbocycles. The second-order valence-electron chi connectivity index (χ2n) is 5.26. The van der Waals surface area contributed by atoms with E-state index in [4.69, 9.17) is 0 Å². The van der Waals surface area contributed by atoms with E-state index in [0.29, 0.717) is 5.41 Å². The number of nitrogens with one attached hydrogen (secondary N) is 1. The largest absolute Gasteiger partial charge is 0.372 e. The van der Waals surface area contributed by atoms with E-state index >= 15 is 0 Å². The third-order valence-corrected chi connectivity index (χ3v) is 4.86. The maximum Gasteiger partial charge on any atom is 0.148 e. The monoisotopic (exact) mass is 312 g/mol. The SMILES string of the molecule is CCC1(C)CCN(c2ncnc(NC)c2Br)CC1. The van der Waals surface area contributed by atoms with Crippen LogP contribution in [0.1, 0.15) is 33.1 Å². The smallest absolute Gasteiger partial charge is 0.148 e. The molecule has 0 unspecified atom stereocenters. The van der Waals surface area contributed by atoms with Crippen LogP contribution in [0.15, 0.2) is 10.8 Å². The average molecular weight is 313 g/mol. The Morgan fingerprint density at radius 1 is 1.39 bits per heavy atom. The predicted octanol–water partition coefficient (Wildman–Crippen LogP) is 3.30. The predicted molar refractivity (Wildman–Crippen MR) is 79.1 cm³/mol. The summed E-state index contributed by atoms with van der Waals surface area (Å²) in [6, 6.07) is 0. The lowest BCUT2D eigenvalue weighted by molar-refractivity contribution is 0.237. The highest BCUT2D eigenvalue weighted by molar-refractivity contribution is 9.10. The fourth-order valence-corrected chi connectivity index (χ4v) is 3.02. The van der Waals surface area contributed by atoms with Gasteiger partial charge in [-0.05, 0) is 34.2 Å². The number of halogens is 1. The van der Waals surface area contributed by atoms with Crippen molar-refractivity contribution in [1.29, 1.82) is 0 Å². The average Bonchev–Trinajstić information content (AvgIpc) is 2.40. The summed E-state index contributed by atoms with van der Waals surface area (Å²) in [6.07, 6.45) is 5.34. The topological polar surface area (TPSA) is 41.1 Å². The third-order valence-electron chi connectivity index (χ3n) is 4.13. The molecule has 1 N–H and O–H groups in total. The van der Waals surface area contributed by atoms with Gasteiger partial charge in [-0.25, -0.2) is 9.97 Å². The highest BCUT2D eigenvalue weighted by Crippen LogP contribution is 2.37. The molecule has 1 aliphatic heterocycles. The van der Waals surface area contributed by atoms with E-state index < -0.39 is 0 Å². The Balaban J connectivity index is 2.15. The lowest BCUT2D eigenvalue weighted by Gasteiger charge is -2.39. The number of aromatic nitrogens is 2. The van der Waals surface area contributed by atoms with E-state index in [1.807, 2.05) is 7.05 Å². The van der Waals surface area contributed by atoms with Crippen molar-refractivity contribution in [3.63, 3.8) is 0 Å². The quantitative estimate of drug-likeness (QED) is 0.929. The second kappa shape index (κ2) is 5.43. The molecular formula is C13H21BrN4. The molecule has 1 aromatic rings. The normalized spacial score (nSPS) is 18.8. The third kappa shape index (κ3) is 2.60. The molecule has 1 aromatic heterocycles. The summed E-state index contributed by atoms with van der Waals surface area (Å²) in [7, 11) is 1.88. The lowest BCUT2D eigenvalue weighted by atomic mass is 9.78. The minimum atomic E-state index is 0.502. The van der Waals surface area contributed by atoms with Crippen molar-refractivity contribution in [2.24, 2.45) is 5.41 Å². The fraction of sp³-hybridized carbons (Fsp3) is 0.692. The zero-order chi connectivity index (χ0) is 13.2. The summed E-state index contributed by atoms with van der Waals surface area (Å²) in [5, 5.41) is 3.08. The summed E-state index contributed by atoms with van der Waals surface area (Å²) < 4.78 is 0.965. The van der Waals surface area contributed by atoms with Gasteiger partial charge in [0.1, 0.15) is 22.4 Å². The number of anilines is 2. The molecule has 0 atom stereocenters. The second-order valence-corrected chi connectivity index (χ2v) is 6.05. The molecule has 1 aliphatic rings. The number of piperidine rings is 1. The van der Waals surface area contributed by atoms with Gasteiger partial charge in [0.2, 0.25) is 0 Å². The Morgan fingerprint density at radius 3 is 2.61 bits per heavy atom.